The van der Waals surface area contributed by atoms with E-state index in [1.165, 1.54) is 4.90 Å². The summed E-state index contributed by atoms with van der Waals surface area (Å²) in [7, 11) is 0. The lowest BCUT2D eigenvalue weighted by Crippen LogP contribution is -2.29. The highest BCUT2D eigenvalue weighted by Gasteiger charge is 2.47. The van der Waals surface area contributed by atoms with Crippen LogP contribution < -0.4 is 14.4 Å². The minimum atomic E-state index is -0.788. The van der Waals surface area contributed by atoms with Crippen LogP contribution in [0.25, 0.3) is 5.76 Å². The average molecular weight is 472 g/mol. The zero-order valence-corrected chi connectivity index (χ0v) is 20.2. The summed E-state index contributed by atoms with van der Waals surface area (Å²) in [6.07, 6.45) is 0.881. The number of carbonyl (C=O) groups is 2. The molecule has 180 valence electrons. The summed E-state index contributed by atoms with van der Waals surface area (Å²) in [5, 5.41) is 11.3. The van der Waals surface area contributed by atoms with Crippen molar-refractivity contribution in [2.45, 2.75) is 33.2 Å². The van der Waals surface area contributed by atoms with E-state index in [2.05, 4.69) is 0 Å². The summed E-state index contributed by atoms with van der Waals surface area (Å²) >= 11 is 0. The van der Waals surface area contributed by atoms with E-state index in [0.29, 0.717) is 36.0 Å². The molecular formula is C29H29NO5. The summed E-state index contributed by atoms with van der Waals surface area (Å²) in [6, 6.07) is 20.7. The second kappa shape index (κ2) is 10.5. The quantitative estimate of drug-likeness (QED) is 0.255. The minimum Gasteiger partial charge on any atom is -0.507 e. The Bertz CT molecular complexity index is 1260. The van der Waals surface area contributed by atoms with Crippen LogP contribution in [0.4, 0.5) is 5.69 Å². The van der Waals surface area contributed by atoms with Gasteiger partial charge in [-0.05, 0) is 67.8 Å². The number of amides is 1. The summed E-state index contributed by atoms with van der Waals surface area (Å²) in [5.74, 6) is -0.382. The molecule has 1 aliphatic heterocycles. The molecule has 6 nitrogen and oxygen atoms in total. The Labute approximate surface area is 205 Å². The number of Topliss-reactive ketones (excluding diaryl/α,β-unsaturated/α-hetero) is 1. The topological polar surface area (TPSA) is 76.1 Å². The first-order valence-electron chi connectivity index (χ1n) is 11.8. The van der Waals surface area contributed by atoms with Gasteiger partial charge in [0, 0.05) is 17.3 Å². The molecule has 6 heteroatoms. The highest BCUT2D eigenvalue weighted by molar-refractivity contribution is 6.51. The highest BCUT2D eigenvalue weighted by atomic mass is 16.5. The lowest BCUT2D eigenvalue weighted by atomic mass is 9.92. The molecule has 1 amide bonds. The Kier molecular flexibility index (Phi) is 7.20. The first kappa shape index (κ1) is 24.1. The van der Waals surface area contributed by atoms with Crippen molar-refractivity contribution in [1.29, 1.82) is 0 Å². The Balaban J connectivity index is 1.86. The highest BCUT2D eigenvalue weighted by Crippen LogP contribution is 2.43. The molecule has 4 rings (SSSR count). The van der Waals surface area contributed by atoms with Crippen LogP contribution in [-0.4, -0.2) is 30.0 Å². The molecule has 3 aromatic rings. The molecule has 35 heavy (non-hydrogen) atoms. The number of aliphatic hydroxyl groups is 1. The number of benzene rings is 3. The number of hydrogen-bond acceptors (Lipinski definition) is 5. The molecule has 1 unspecified atom stereocenters. The third-order valence-electron chi connectivity index (χ3n) is 5.93. The van der Waals surface area contributed by atoms with Crippen molar-refractivity contribution in [2.24, 2.45) is 0 Å². The SMILES string of the molecule is CCCOc1ccc(/C(O)=C2\C(=O)C(=O)N(c3cccc(OCC)c3)C2c2ccccc2C)cc1. The third kappa shape index (κ3) is 4.78. The Hall–Kier alpha value is -4.06. The van der Waals surface area contributed by atoms with Crippen molar-refractivity contribution in [2.75, 3.05) is 18.1 Å². The number of carbonyl (C=O) groups excluding carboxylic acids is 2. The third-order valence-corrected chi connectivity index (χ3v) is 5.93. The van der Waals surface area contributed by atoms with E-state index in [4.69, 9.17) is 9.47 Å². The summed E-state index contributed by atoms with van der Waals surface area (Å²) in [6.45, 7) is 6.89. The van der Waals surface area contributed by atoms with Crippen molar-refractivity contribution in [1.82, 2.24) is 0 Å². The van der Waals surface area contributed by atoms with E-state index in [1.807, 2.05) is 45.0 Å². The van der Waals surface area contributed by atoms with E-state index in [9.17, 15) is 14.7 Å². The molecule has 0 bridgehead atoms. The van der Waals surface area contributed by atoms with Gasteiger partial charge in [0.25, 0.3) is 11.7 Å². The van der Waals surface area contributed by atoms with Crippen LogP contribution in [0.1, 0.15) is 43.0 Å². The molecule has 1 aliphatic rings. The molecule has 1 saturated heterocycles. The molecule has 1 N–H and O–H groups in total. The summed E-state index contributed by atoms with van der Waals surface area (Å²) in [5.41, 5.74) is 2.67. The maximum absolute atomic E-state index is 13.4. The predicted octanol–water partition coefficient (Wildman–Crippen LogP) is 5.81. The minimum absolute atomic E-state index is 0.0494. The van der Waals surface area contributed by atoms with E-state index < -0.39 is 17.7 Å². The van der Waals surface area contributed by atoms with Gasteiger partial charge in [-0.15, -0.1) is 0 Å². The van der Waals surface area contributed by atoms with Crippen molar-refractivity contribution in [3.05, 3.63) is 95.1 Å². The van der Waals surface area contributed by atoms with Crippen LogP contribution in [-0.2, 0) is 9.59 Å². The zero-order chi connectivity index (χ0) is 24.9. The maximum atomic E-state index is 13.4. The van der Waals surface area contributed by atoms with Gasteiger partial charge in [-0.3, -0.25) is 14.5 Å². The molecule has 1 fully saturated rings. The zero-order valence-electron chi connectivity index (χ0n) is 20.2. The predicted molar refractivity (Wildman–Crippen MR) is 136 cm³/mol. The van der Waals surface area contributed by atoms with E-state index in [-0.39, 0.29) is 11.3 Å². The Morgan fingerprint density at radius 2 is 1.66 bits per heavy atom. The fraction of sp³-hybridized carbons (Fsp3) is 0.241. The molecule has 0 saturated carbocycles. The van der Waals surface area contributed by atoms with E-state index in [0.717, 1.165) is 17.5 Å². The van der Waals surface area contributed by atoms with Gasteiger partial charge < -0.3 is 14.6 Å². The maximum Gasteiger partial charge on any atom is 0.300 e. The first-order chi connectivity index (χ1) is 17.0. The van der Waals surface area contributed by atoms with Gasteiger partial charge >= 0.3 is 0 Å². The molecular weight excluding hydrogens is 442 g/mol. The number of aryl methyl sites for hydroxylation is 1. The molecule has 0 aromatic heterocycles. The van der Waals surface area contributed by atoms with Crippen molar-refractivity contribution >= 4 is 23.1 Å². The fourth-order valence-electron chi connectivity index (χ4n) is 4.26. The van der Waals surface area contributed by atoms with Crippen LogP contribution in [0.15, 0.2) is 78.4 Å². The molecule has 1 atom stereocenters. The van der Waals surface area contributed by atoms with Gasteiger partial charge in [0.2, 0.25) is 0 Å². The molecule has 1 heterocycles. The van der Waals surface area contributed by atoms with Crippen molar-refractivity contribution < 1.29 is 24.2 Å². The standard InChI is InChI=1S/C29H29NO5/c1-4-17-35-22-15-13-20(14-16-22)27(31)25-26(24-12-7-6-9-19(24)3)30(29(33)28(25)32)21-10-8-11-23(18-21)34-5-2/h6-16,18,26,31H,4-5,17H2,1-3H3/b27-25+. The smallest absolute Gasteiger partial charge is 0.300 e. The number of aliphatic hydroxyl groups excluding tert-OH is 1. The van der Waals surface area contributed by atoms with Gasteiger partial charge in [0.15, 0.2) is 0 Å². The monoisotopic (exact) mass is 471 g/mol. The Morgan fingerprint density at radius 3 is 2.34 bits per heavy atom. The van der Waals surface area contributed by atoms with E-state index in [1.54, 1.807) is 48.5 Å². The number of ketones is 1. The molecule has 3 aromatic carbocycles. The lowest BCUT2D eigenvalue weighted by Gasteiger charge is -2.27. The van der Waals surface area contributed by atoms with Gasteiger partial charge in [-0.2, -0.15) is 0 Å². The van der Waals surface area contributed by atoms with Crippen LogP contribution in [0.5, 0.6) is 11.5 Å². The van der Waals surface area contributed by atoms with Gasteiger partial charge in [0.05, 0.1) is 24.8 Å². The Morgan fingerprint density at radius 1 is 0.914 bits per heavy atom. The summed E-state index contributed by atoms with van der Waals surface area (Å²) in [4.78, 5) is 28.2. The van der Waals surface area contributed by atoms with Gasteiger partial charge in [-0.25, -0.2) is 0 Å². The van der Waals surface area contributed by atoms with Crippen LogP contribution in [0.3, 0.4) is 0 Å². The van der Waals surface area contributed by atoms with Crippen LogP contribution >= 0.6 is 0 Å². The van der Waals surface area contributed by atoms with Crippen molar-refractivity contribution in [3.8, 4) is 11.5 Å². The second-order valence-electron chi connectivity index (χ2n) is 8.33. The normalized spacial score (nSPS) is 17.0. The molecule has 0 radical (unpaired) electrons. The fourth-order valence-corrected chi connectivity index (χ4v) is 4.26. The number of rotatable bonds is 8. The largest absolute Gasteiger partial charge is 0.507 e. The molecule has 0 spiro atoms. The van der Waals surface area contributed by atoms with Gasteiger partial charge in [0.1, 0.15) is 17.3 Å². The van der Waals surface area contributed by atoms with Crippen LogP contribution in [0, 0.1) is 6.92 Å². The lowest BCUT2D eigenvalue weighted by molar-refractivity contribution is -0.132. The number of anilines is 1. The van der Waals surface area contributed by atoms with Crippen molar-refractivity contribution in [3.63, 3.8) is 0 Å². The van der Waals surface area contributed by atoms with Crippen LogP contribution in [0.2, 0.25) is 0 Å². The van der Waals surface area contributed by atoms with Gasteiger partial charge in [-0.1, -0.05) is 37.3 Å². The first-order valence-corrected chi connectivity index (χ1v) is 11.8. The second-order valence-corrected chi connectivity index (χ2v) is 8.33. The number of ether oxygens (including phenoxy) is 2. The number of hydrogen-bond donors (Lipinski definition) is 1. The average Bonchev–Trinajstić information content (AvgIpc) is 3.13. The molecule has 0 aliphatic carbocycles. The summed E-state index contributed by atoms with van der Waals surface area (Å²) < 4.78 is 11.2. The van der Waals surface area contributed by atoms with E-state index >= 15 is 0 Å². The number of nitrogens with zero attached hydrogens (tertiary/aromatic N) is 1.